The highest BCUT2D eigenvalue weighted by atomic mass is 32.2. The maximum Gasteiger partial charge on any atom is 0.138 e. The number of benzene rings is 2. The molecular formula is C17H15FO2S. The van der Waals surface area contributed by atoms with Crippen molar-refractivity contribution in [3.8, 4) is 17.6 Å². The lowest BCUT2D eigenvalue weighted by Gasteiger charge is -2.08. The number of hydrogen-bond donors (Lipinski definition) is 1. The van der Waals surface area contributed by atoms with Crippen LogP contribution in [0.5, 0.6) is 5.75 Å². The van der Waals surface area contributed by atoms with Gasteiger partial charge in [-0.3, -0.25) is 0 Å². The molecule has 2 nitrogen and oxygen atoms in total. The molecule has 2 aromatic carbocycles. The second-order valence-electron chi connectivity index (χ2n) is 4.21. The monoisotopic (exact) mass is 302 g/mol. The molecule has 0 saturated carbocycles. The molecule has 0 heterocycles. The minimum absolute atomic E-state index is 0.278. The van der Waals surface area contributed by atoms with E-state index in [1.807, 2.05) is 24.3 Å². The second kappa shape index (κ2) is 7.72. The van der Waals surface area contributed by atoms with E-state index in [2.05, 4.69) is 11.8 Å². The fourth-order valence-electron chi connectivity index (χ4n) is 1.79. The third kappa shape index (κ3) is 4.25. The molecule has 1 N–H and O–H groups in total. The third-order valence-electron chi connectivity index (χ3n) is 2.80. The Morgan fingerprint density at radius 2 is 2.05 bits per heavy atom. The van der Waals surface area contributed by atoms with Crippen LogP contribution < -0.4 is 4.74 Å². The molecule has 0 unspecified atom stereocenters. The molecule has 0 atom stereocenters. The van der Waals surface area contributed by atoms with Crippen LogP contribution in [0, 0.1) is 17.7 Å². The Morgan fingerprint density at radius 1 is 1.24 bits per heavy atom. The molecule has 2 rings (SSSR count). The summed E-state index contributed by atoms with van der Waals surface area (Å²) in [7, 11) is 1.64. The van der Waals surface area contributed by atoms with Gasteiger partial charge in [0.25, 0.3) is 0 Å². The Morgan fingerprint density at radius 3 is 2.81 bits per heavy atom. The van der Waals surface area contributed by atoms with Crippen LogP contribution in [0.25, 0.3) is 0 Å². The Bertz CT molecular complexity index is 674. The maximum absolute atomic E-state index is 13.6. The lowest BCUT2D eigenvalue weighted by molar-refractivity contribution is 0.350. The number of para-hydroxylation sites is 1. The third-order valence-corrected chi connectivity index (χ3v) is 3.92. The van der Waals surface area contributed by atoms with Gasteiger partial charge >= 0.3 is 0 Å². The van der Waals surface area contributed by atoms with E-state index in [1.54, 1.807) is 31.0 Å². The number of aliphatic hydroxyl groups is 1. The standard InChI is InChI=1S/C17H15FO2S/c1-20-16-6-2-3-7-17(16)21-12-13-8-9-15(18)14(11-13)5-4-10-19/h2-3,6-9,11,19H,10,12H2,1H3. The second-order valence-corrected chi connectivity index (χ2v) is 5.23. The molecule has 21 heavy (non-hydrogen) atoms. The Hall–Kier alpha value is -1.96. The van der Waals surface area contributed by atoms with Crippen molar-refractivity contribution in [3.63, 3.8) is 0 Å². The van der Waals surface area contributed by atoms with Crippen LogP contribution in [0.15, 0.2) is 47.4 Å². The van der Waals surface area contributed by atoms with Gasteiger partial charge in [0.15, 0.2) is 0 Å². The summed E-state index contributed by atoms with van der Waals surface area (Å²) in [6.07, 6.45) is 0. The van der Waals surface area contributed by atoms with E-state index in [0.717, 1.165) is 16.2 Å². The van der Waals surface area contributed by atoms with Gasteiger partial charge in [-0.15, -0.1) is 11.8 Å². The SMILES string of the molecule is COc1ccccc1SCc1ccc(F)c(C#CCO)c1. The van der Waals surface area contributed by atoms with Crippen LogP contribution in [-0.2, 0) is 5.75 Å². The maximum atomic E-state index is 13.6. The number of methoxy groups -OCH3 is 1. The van der Waals surface area contributed by atoms with Crippen molar-refractivity contribution in [2.45, 2.75) is 10.6 Å². The van der Waals surface area contributed by atoms with E-state index in [0.29, 0.717) is 11.3 Å². The minimum Gasteiger partial charge on any atom is -0.496 e. The summed E-state index contributed by atoms with van der Waals surface area (Å²) in [6, 6.07) is 12.6. The number of thioether (sulfide) groups is 1. The summed E-state index contributed by atoms with van der Waals surface area (Å²) in [6.45, 7) is -0.278. The summed E-state index contributed by atoms with van der Waals surface area (Å²) >= 11 is 1.62. The molecule has 0 radical (unpaired) electrons. The molecule has 108 valence electrons. The molecule has 0 aliphatic heterocycles. The topological polar surface area (TPSA) is 29.5 Å². The van der Waals surface area contributed by atoms with Gasteiger partial charge in [-0.1, -0.05) is 30.0 Å². The first kappa shape index (κ1) is 15.4. The number of halogens is 1. The van der Waals surface area contributed by atoms with Gasteiger partial charge in [-0.2, -0.15) is 0 Å². The van der Waals surface area contributed by atoms with Gasteiger partial charge in [0.05, 0.1) is 12.7 Å². The molecule has 0 aliphatic carbocycles. The predicted molar refractivity (Wildman–Crippen MR) is 82.9 cm³/mol. The van der Waals surface area contributed by atoms with Crippen molar-refractivity contribution in [1.29, 1.82) is 0 Å². The molecule has 2 aromatic rings. The lowest BCUT2D eigenvalue weighted by Crippen LogP contribution is -1.90. The van der Waals surface area contributed by atoms with Gasteiger partial charge in [0.1, 0.15) is 18.2 Å². The summed E-state index contributed by atoms with van der Waals surface area (Å²) in [5.74, 6) is 6.22. The van der Waals surface area contributed by atoms with Crippen molar-refractivity contribution in [2.24, 2.45) is 0 Å². The quantitative estimate of drug-likeness (QED) is 0.693. The molecule has 0 aliphatic rings. The fraction of sp³-hybridized carbons (Fsp3) is 0.176. The van der Waals surface area contributed by atoms with E-state index < -0.39 is 0 Å². The average Bonchev–Trinajstić information content (AvgIpc) is 2.53. The highest BCUT2D eigenvalue weighted by molar-refractivity contribution is 7.98. The van der Waals surface area contributed by atoms with Crippen molar-refractivity contribution in [3.05, 3.63) is 59.4 Å². The van der Waals surface area contributed by atoms with Gasteiger partial charge in [-0.25, -0.2) is 4.39 Å². The van der Waals surface area contributed by atoms with Crippen molar-refractivity contribution >= 4 is 11.8 Å². The highest BCUT2D eigenvalue weighted by Crippen LogP contribution is 2.31. The van der Waals surface area contributed by atoms with Crippen molar-refractivity contribution in [2.75, 3.05) is 13.7 Å². The van der Waals surface area contributed by atoms with E-state index in [-0.39, 0.29) is 12.4 Å². The molecule has 0 amide bonds. The largest absolute Gasteiger partial charge is 0.496 e. The van der Waals surface area contributed by atoms with Crippen LogP contribution in [0.3, 0.4) is 0 Å². The Labute approximate surface area is 128 Å². The molecule has 0 spiro atoms. The molecular weight excluding hydrogens is 287 g/mol. The smallest absolute Gasteiger partial charge is 0.138 e. The summed E-state index contributed by atoms with van der Waals surface area (Å²) in [5.41, 5.74) is 1.27. The van der Waals surface area contributed by atoms with Crippen molar-refractivity contribution < 1.29 is 14.2 Å². The normalized spacial score (nSPS) is 9.86. The zero-order chi connectivity index (χ0) is 15.1. The summed E-state index contributed by atoms with van der Waals surface area (Å²) in [5, 5.41) is 8.68. The number of aliphatic hydroxyl groups excluding tert-OH is 1. The fourth-order valence-corrected chi connectivity index (χ4v) is 2.76. The number of hydrogen-bond acceptors (Lipinski definition) is 3. The van der Waals surface area contributed by atoms with Crippen LogP contribution >= 0.6 is 11.8 Å². The summed E-state index contributed by atoms with van der Waals surface area (Å²) in [4.78, 5) is 1.03. The van der Waals surface area contributed by atoms with Crippen LogP contribution in [0.1, 0.15) is 11.1 Å². The zero-order valence-corrected chi connectivity index (χ0v) is 12.4. The lowest BCUT2D eigenvalue weighted by atomic mass is 10.1. The van der Waals surface area contributed by atoms with Crippen LogP contribution in [-0.4, -0.2) is 18.8 Å². The number of ether oxygens (including phenoxy) is 1. The van der Waals surface area contributed by atoms with Gasteiger partial charge < -0.3 is 9.84 Å². The first-order valence-electron chi connectivity index (χ1n) is 6.38. The molecule has 0 bridgehead atoms. The Kier molecular flexibility index (Phi) is 5.68. The first-order chi connectivity index (χ1) is 10.2. The molecule has 0 fully saturated rings. The van der Waals surface area contributed by atoms with Crippen molar-refractivity contribution in [1.82, 2.24) is 0 Å². The van der Waals surface area contributed by atoms with Crippen LogP contribution in [0.2, 0.25) is 0 Å². The minimum atomic E-state index is -0.373. The number of rotatable bonds is 4. The highest BCUT2D eigenvalue weighted by Gasteiger charge is 2.05. The van der Waals surface area contributed by atoms with Gasteiger partial charge in [0, 0.05) is 10.6 Å². The van der Waals surface area contributed by atoms with Crippen LogP contribution in [0.4, 0.5) is 4.39 Å². The Balaban J connectivity index is 2.13. The summed E-state index contributed by atoms with van der Waals surface area (Å²) < 4.78 is 18.9. The average molecular weight is 302 g/mol. The molecule has 4 heteroatoms. The van der Waals surface area contributed by atoms with Gasteiger partial charge in [-0.05, 0) is 29.8 Å². The first-order valence-corrected chi connectivity index (χ1v) is 7.37. The predicted octanol–water partition coefficient (Wildman–Crippen LogP) is 3.47. The van der Waals surface area contributed by atoms with E-state index in [4.69, 9.17) is 9.84 Å². The van der Waals surface area contributed by atoms with E-state index in [1.165, 1.54) is 6.07 Å². The van der Waals surface area contributed by atoms with E-state index in [9.17, 15) is 4.39 Å². The molecule has 0 saturated heterocycles. The zero-order valence-electron chi connectivity index (χ0n) is 11.6. The van der Waals surface area contributed by atoms with Gasteiger partial charge in [0.2, 0.25) is 0 Å². The molecule has 0 aromatic heterocycles. The van der Waals surface area contributed by atoms with E-state index >= 15 is 0 Å².